The van der Waals surface area contributed by atoms with E-state index in [0.717, 1.165) is 11.1 Å². The van der Waals surface area contributed by atoms with Gasteiger partial charge in [-0.1, -0.05) is 11.6 Å². The number of aryl methyl sites for hydroxylation is 1. The molecule has 112 valence electrons. The van der Waals surface area contributed by atoms with Crippen LogP contribution in [0.2, 0.25) is 5.02 Å². The number of rotatable bonds is 3. The average molecular weight is 390 g/mol. The molecule has 0 saturated heterocycles. The molecule has 0 saturated carbocycles. The standard InChI is InChI=1S/C14H14BrClN2O2S/c1-8-5-11(7-13(17)9(8)2)21(19,20)18-14-4-3-10(16)6-12(14)15/h3-7,18H,17H2,1-2H3. The highest BCUT2D eigenvalue weighted by Crippen LogP contribution is 2.29. The Kier molecular flexibility index (Phi) is 4.51. The van der Waals surface area contributed by atoms with E-state index in [2.05, 4.69) is 20.7 Å². The molecular formula is C14H14BrClN2O2S. The van der Waals surface area contributed by atoms with Crippen molar-refractivity contribution in [2.75, 3.05) is 10.5 Å². The van der Waals surface area contributed by atoms with Crippen molar-refractivity contribution in [2.24, 2.45) is 0 Å². The highest BCUT2D eigenvalue weighted by atomic mass is 79.9. The Morgan fingerprint density at radius 3 is 2.43 bits per heavy atom. The quantitative estimate of drug-likeness (QED) is 0.776. The van der Waals surface area contributed by atoms with Gasteiger partial charge in [0.05, 0.1) is 10.6 Å². The van der Waals surface area contributed by atoms with Crippen molar-refractivity contribution in [3.05, 3.63) is 51.0 Å². The Hall–Kier alpha value is -1.24. The third-order valence-corrected chi connectivity index (χ3v) is 5.40. The van der Waals surface area contributed by atoms with Crippen molar-refractivity contribution in [2.45, 2.75) is 18.7 Å². The van der Waals surface area contributed by atoms with Crippen LogP contribution in [-0.4, -0.2) is 8.42 Å². The van der Waals surface area contributed by atoms with Crippen molar-refractivity contribution in [1.29, 1.82) is 0 Å². The van der Waals surface area contributed by atoms with Gasteiger partial charge in [0.25, 0.3) is 10.0 Å². The van der Waals surface area contributed by atoms with Crippen LogP contribution in [0.3, 0.4) is 0 Å². The fourth-order valence-corrected chi connectivity index (χ4v) is 3.90. The Morgan fingerprint density at radius 1 is 1.19 bits per heavy atom. The maximum Gasteiger partial charge on any atom is 0.262 e. The normalized spacial score (nSPS) is 11.4. The van der Waals surface area contributed by atoms with Gasteiger partial charge < -0.3 is 5.73 Å². The molecule has 4 nitrogen and oxygen atoms in total. The van der Waals surface area contributed by atoms with Gasteiger partial charge in [-0.2, -0.15) is 0 Å². The van der Waals surface area contributed by atoms with Gasteiger partial charge in [-0.25, -0.2) is 8.42 Å². The van der Waals surface area contributed by atoms with Gasteiger partial charge in [0.1, 0.15) is 0 Å². The van der Waals surface area contributed by atoms with Crippen LogP contribution in [0.15, 0.2) is 39.7 Å². The first-order valence-electron chi connectivity index (χ1n) is 6.05. The van der Waals surface area contributed by atoms with Gasteiger partial charge in [0.15, 0.2) is 0 Å². The topological polar surface area (TPSA) is 72.2 Å². The molecule has 0 radical (unpaired) electrons. The average Bonchev–Trinajstić information content (AvgIpc) is 2.38. The molecule has 0 amide bonds. The monoisotopic (exact) mass is 388 g/mol. The molecule has 0 aliphatic rings. The number of nitrogens with one attached hydrogen (secondary N) is 1. The van der Waals surface area contributed by atoms with Crippen molar-refractivity contribution in [1.82, 2.24) is 0 Å². The molecule has 0 heterocycles. The Morgan fingerprint density at radius 2 is 1.86 bits per heavy atom. The predicted molar refractivity (Wildman–Crippen MR) is 90.3 cm³/mol. The first-order chi connectivity index (χ1) is 9.70. The zero-order valence-corrected chi connectivity index (χ0v) is 14.6. The van der Waals surface area contributed by atoms with Crippen LogP contribution in [0.5, 0.6) is 0 Å². The summed E-state index contributed by atoms with van der Waals surface area (Å²) in [5.41, 5.74) is 8.41. The largest absolute Gasteiger partial charge is 0.398 e. The van der Waals surface area contributed by atoms with Crippen LogP contribution in [0.25, 0.3) is 0 Å². The number of benzene rings is 2. The summed E-state index contributed by atoms with van der Waals surface area (Å²) in [6.07, 6.45) is 0. The second kappa shape index (κ2) is 5.87. The van der Waals surface area contributed by atoms with E-state index >= 15 is 0 Å². The first kappa shape index (κ1) is 16.1. The molecule has 2 aromatic carbocycles. The number of hydrogen-bond acceptors (Lipinski definition) is 3. The highest BCUT2D eigenvalue weighted by Gasteiger charge is 2.17. The van der Waals surface area contributed by atoms with Gasteiger partial charge >= 0.3 is 0 Å². The van der Waals surface area contributed by atoms with Crippen LogP contribution in [-0.2, 0) is 10.0 Å². The summed E-state index contributed by atoms with van der Waals surface area (Å²) in [7, 11) is -3.71. The summed E-state index contributed by atoms with van der Waals surface area (Å²) in [5.74, 6) is 0. The maximum absolute atomic E-state index is 12.4. The number of halogens is 2. The summed E-state index contributed by atoms with van der Waals surface area (Å²) >= 11 is 9.12. The molecule has 21 heavy (non-hydrogen) atoms. The fraction of sp³-hybridized carbons (Fsp3) is 0.143. The Balaban J connectivity index is 2.43. The molecular weight excluding hydrogens is 376 g/mol. The van der Waals surface area contributed by atoms with E-state index in [1.807, 2.05) is 13.8 Å². The van der Waals surface area contributed by atoms with Gasteiger partial charge in [0.2, 0.25) is 0 Å². The van der Waals surface area contributed by atoms with Gasteiger partial charge in [-0.3, -0.25) is 4.72 Å². The van der Waals surface area contributed by atoms with Gasteiger partial charge in [-0.05, 0) is 71.2 Å². The lowest BCUT2D eigenvalue weighted by molar-refractivity contribution is 0.601. The van der Waals surface area contributed by atoms with Crippen LogP contribution in [0.1, 0.15) is 11.1 Å². The lowest BCUT2D eigenvalue weighted by Crippen LogP contribution is -2.14. The van der Waals surface area contributed by atoms with E-state index in [4.69, 9.17) is 17.3 Å². The number of nitrogen functional groups attached to an aromatic ring is 1. The third kappa shape index (κ3) is 3.51. The molecule has 0 unspecified atom stereocenters. The fourth-order valence-electron chi connectivity index (χ4n) is 1.78. The summed E-state index contributed by atoms with van der Waals surface area (Å²) in [5, 5.41) is 0.514. The van der Waals surface area contributed by atoms with Crippen molar-refractivity contribution < 1.29 is 8.42 Å². The molecule has 0 spiro atoms. The minimum absolute atomic E-state index is 0.130. The van der Waals surface area contributed by atoms with Crippen molar-refractivity contribution in [3.63, 3.8) is 0 Å². The van der Waals surface area contributed by atoms with Gasteiger partial charge in [0, 0.05) is 15.2 Å². The summed E-state index contributed by atoms with van der Waals surface area (Å²) in [4.78, 5) is 0.130. The third-order valence-electron chi connectivity index (χ3n) is 3.17. The van der Waals surface area contributed by atoms with Crippen LogP contribution >= 0.6 is 27.5 Å². The number of hydrogen-bond donors (Lipinski definition) is 2. The van der Waals surface area contributed by atoms with E-state index in [1.54, 1.807) is 24.3 Å². The van der Waals surface area contributed by atoms with E-state index in [-0.39, 0.29) is 4.90 Å². The first-order valence-corrected chi connectivity index (χ1v) is 8.71. The smallest absolute Gasteiger partial charge is 0.262 e. The zero-order chi connectivity index (χ0) is 15.8. The molecule has 0 fully saturated rings. The molecule has 2 aromatic rings. The predicted octanol–water partition coefficient (Wildman–Crippen LogP) is 4.10. The van der Waals surface area contributed by atoms with Crippen LogP contribution in [0, 0.1) is 13.8 Å². The molecule has 0 aromatic heterocycles. The van der Waals surface area contributed by atoms with Crippen LogP contribution in [0.4, 0.5) is 11.4 Å². The minimum Gasteiger partial charge on any atom is -0.398 e. The Bertz CT molecular complexity index is 784. The SMILES string of the molecule is Cc1cc(S(=O)(=O)Nc2ccc(Cl)cc2Br)cc(N)c1C. The molecule has 0 aliphatic carbocycles. The second-order valence-electron chi connectivity index (χ2n) is 4.68. The minimum atomic E-state index is -3.71. The lowest BCUT2D eigenvalue weighted by Gasteiger charge is -2.12. The number of anilines is 2. The highest BCUT2D eigenvalue weighted by molar-refractivity contribution is 9.10. The maximum atomic E-state index is 12.4. The summed E-state index contributed by atoms with van der Waals surface area (Å²) in [6, 6.07) is 7.87. The van der Waals surface area contributed by atoms with Crippen molar-refractivity contribution >= 4 is 48.9 Å². The van der Waals surface area contributed by atoms with Crippen molar-refractivity contribution in [3.8, 4) is 0 Å². The zero-order valence-electron chi connectivity index (χ0n) is 11.4. The summed E-state index contributed by atoms with van der Waals surface area (Å²) in [6.45, 7) is 3.67. The molecule has 2 rings (SSSR count). The molecule has 0 aliphatic heterocycles. The lowest BCUT2D eigenvalue weighted by atomic mass is 10.1. The van der Waals surface area contributed by atoms with E-state index < -0.39 is 10.0 Å². The molecule has 0 atom stereocenters. The second-order valence-corrected chi connectivity index (χ2v) is 7.66. The molecule has 0 bridgehead atoms. The number of sulfonamides is 1. The van der Waals surface area contributed by atoms with Crippen LogP contribution < -0.4 is 10.5 Å². The van der Waals surface area contributed by atoms with E-state index in [0.29, 0.717) is 20.9 Å². The van der Waals surface area contributed by atoms with Gasteiger partial charge in [-0.15, -0.1) is 0 Å². The Labute approximate surface area is 137 Å². The molecule has 7 heteroatoms. The van der Waals surface area contributed by atoms with E-state index in [1.165, 1.54) is 6.07 Å². The number of nitrogens with two attached hydrogens (primary N) is 1. The van der Waals surface area contributed by atoms with E-state index in [9.17, 15) is 8.42 Å². The molecule has 3 N–H and O–H groups in total. The summed E-state index contributed by atoms with van der Waals surface area (Å²) < 4.78 is 27.9.